The summed E-state index contributed by atoms with van der Waals surface area (Å²) in [6.07, 6.45) is 3.50. The SMILES string of the molecule is COc1ccc(CNc2cc(N(C)C)c(Br)cn2)nc1. The van der Waals surface area contributed by atoms with Gasteiger partial charge in [-0.05, 0) is 28.1 Å². The van der Waals surface area contributed by atoms with Gasteiger partial charge in [-0.2, -0.15) is 0 Å². The number of hydrogen-bond acceptors (Lipinski definition) is 5. The molecule has 2 heterocycles. The Morgan fingerprint density at radius 3 is 2.65 bits per heavy atom. The third kappa shape index (κ3) is 3.60. The number of halogens is 1. The van der Waals surface area contributed by atoms with Crippen molar-refractivity contribution < 1.29 is 4.74 Å². The van der Waals surface area contributed by atoms with Crippen molar-refractivity contribution in [3.8, 4) is 5.75 Å². The fraction of sp³-hybridized carbons (Fsp3) is 0.286. The molecule has 0 aromatic carbocycles. The number of methoxy groups -OCH3 is 1. The lowest BCUT2D eigenvalue weighted by molar-refractivity contribution is 0.412. The molecule has 0 aliphatic heterocycles. The average Bonchev–Trinajstić information content (AvgIpc) is 2.46. The monoisotopic (exact) mass is 336 g/mol. The Morgan fingerprint density at radius 2 is 2.05 bits per heavy atom. The van der Waals surface area contributed by atoms with E-state index < -0.39 is 0 Å². The van der Waals surface area contributed by atoms with Crippen LogP contribution in [0.15, 0.2) is 35.1 Å². The third-order valence-electron chi connectivity index (χ3n) is 2.80. The highest BCUT2D eigenvalue weighted by Crippen LogP contribution is 2.26. The average molecular weight is 337 g/mol. The normalized spacial score (nSPS) is 10.2. The van der Waals surface area contributed by atoms with Gasteiger partial charge in [-0.1, -0.05) is 0 Å². The van der Waals surface area contributed by atoms with Gasteiger partial charge in [0.2, 0.25) is 0 Å². The molecule has 2 aromatic heterocycles. The smallest absolute Gasteiger partial charge is 0.137 e. The maximum absolute atomic E-state index is 5.08. The predicted molar refractivity (Wildman–Crippen MR) is 84.4 cm³/mol. The Morgan fingerprint density at radius 1 is 1.25 bits per heavy atom. The van der Waals surface area contributed by atoms with E-state index in [0.717, 1.165) is 27.4 Å². The van der Waals surface area contributed by atoms with Crippen LogP contribution in [0.25, 0.3) is 0 Å². The molecule has 2 aromatic rings. The molecule has 0 saturated heterocycles. The zero-order valence-electron chi connectivity index (χ0n) is 11.7. The number of pyridine rings is 2. The zero-order chi connectivity index (χ0) is 14.5. The molecule has 0 radical (unpaired) electrons. The maximum Gasteiger partial charge on any atom is 0.137 e. The van der Waals surface area contributed by atoms with Gasteiger partial charge in [0, 0.05) is 26.4 Å². The molecule has 0 amide bonds. The van der Waals surface area contributed by atoms with Crippen LogP contribution in [0.1, 0.15) is 5.69 Å². The molecule has 0 atom stereocenters. The molecule has 5 nitrogen and oxygen atoms in total. The van der Waals surface area contributed by atoms with Crippen LogP contribution < -0.4 is 15.0 Å². The number of nitrogens with zero attached hydrogens (tertiary/aromatic N) is 3. The van der Waals surface area contributed by atoms with Crippen molar-refractivity contribution in [1.29, 1.82) is 0 Å². The predicted octanol–water partition coefficient (Wildman–Crippen LogP) is 2.93. The lowest BCUT2D eigenvalue weighted by Gasteiger charge is -2.15. The molecule has 1 N–H and O–H groups in total. The first-order chi connectivity index (χ1) is 9.60. The van der Waals surface area contributed by atoms with E-state index in [0.29, 0.717) is 6.54 Å². The van der Waals surface area contributed by atoms with Gasteiger partial charge < -0.3 is 15.0 Å². The molecule has 0 bridgehead atoms. The molecular weight excluding hydrogens is 320 g/mol. The van der Waals surface area contributed by atoms with Gasteiger partial charge in [-0.3, -0.25) is 4.98 Å². The summed E-state index contributed by atoms with van der Waals surface area (Å²) in [5.74, 6) is 1.57. The highest BCUT2D eigenvalue weighted by molar-refractivity contribution is 9.10. The summed E-state index contributed by atoms with van der Waals surface area (Å²) in [4.78, 5) is 10.7. The number of aromatic nitrogens is 2. The summed E-state index contributed by atoms with van der Waals surface area (Å²) in [6.45, 7) is 0.617. The van der Waals surface area contributed by atoms with Gasteiger partial charge in [0.05, 0.1) is 35.7 Å². The highest BCUT2D eigenvalue weighted by Gasteiger charge is 2.05. The first kappa shape index (κ1) is 14.6. The van der Waals surface area contributed by atoms with Gasteiger partial charge >= 0.3 is 0 Å². The Labute approximate surface area is 127 Å². The topological polar surface area (TPSA) is 50.3 Å². The van der Waals surface area contributed by atoms with Crippen molar-refractivity contribution in [1.82, 2.24) is 9.97 Å². The molecule has 2 rings (SSSR count). The minimum atomic E-state index is 0.617. The van der Waals surface area contributed by atoms with Crippen LogP contribution in [0.2, 0.25) is 0 Å². The molecule has 0 spiro atoms. The number of ether oxygens (including phenoxy) is 1. The lowest BCUT2D eigenvalue weighted by Crippen LogP contribution is -2.11. The van der Waals surface area contributed by atoms with Crippen LogP contribution in [0.3, 0.4) is 0 Å². The first-order valence-electron chi connectivity index (χ1n) is 6.16. The zero-order valence-corrected chi connectivity index (χ0v) is 13.3. The van der Waals surface area contributed by atoms with E-state index in [4.69, 9.17) is 4.74 Å². The summed E-state index contributed by atoms with van der Waals surface area (Å²) in [7, 11) is 5.62. The van der Waals surface area contributed by atoms with Crippen LogP contribution in [0.5, 0.6) is 5.75 Å². The van der Waals surface area contributed by atoms with Gasteiger partial charge in [-0.25, -0.2) is 4.98 Å². The molecule has 6 heteroatoms. The largest absolute Gasteiger partial charge is 0.495 e. The molecule has 0 aliphatic rings. The van der Waals surface area contributed by atoms with Crippen LogP contribution in [0, 0.1) is 0 Å². The van der Waals surface area contributed by atoms with Crippen LogP contribution in [-0.4, -0.2) is 31.2 Å². The highest BCUT2D eigenvalue weighted by atomic mass is 79.9. The minimum Gasteiger partial charge on any atom is -0.495 e. The minimum absolute atomic E-state index is 0.617. The van der Waals surface area contributed by atoms with Crippen molar-refractivity contribution in [3.05, 3.63) is 40.8 Å². The fourth-order valence-electron chi connectivity index (χ4n) is 1.68. The van der Waals surface area contributed by atoms with Crippen LogP contribution in [0.4, 0.5) is 11.5 Å². The van der Waals surface area contributed by atoms with Crippen molar-refractivity contribution in [2.24, 2.45) is 0 Å². The number of hydrogen-bond donors (Lipinski definition) is 1. The molecule has 0 fully saturated rings. The Kier molecular flexibility index (Phi) is 4.79. The van der Waals surface area contributed by atoms with E-state index in [1.807, 2.05) is 37.2 Å². The van der Waals surface area contributed by atoms with Crippen molar-refractivity contribution >= 4 is 27.4 Å². The summed E-state index contributed by atoms with van der Waals surface area (Å²) < 4.78 is 6.05. The molecular formula is C14H17BrN4O. The standard InChI is InChI=1S/C14H17BrN4O/c1-19(2)13-6-14(18-9-12(13)15)17-7-10-4-5-11(20-3)8-16-10/h4-6,8-9H,7H2,1-3H3,(H,17,18). The Bertz CT molecular complexity index is 572. The van der Waals surface area contributed by atoms with Crippen molar-refractivity contribution in [3.63, 3.8) is 0 Å². The second-order valence-electron chi connectivity index (χ2n) is 4.46. The quantitative estimate of drug-likeness (QED) is 0.909. The van der Waals surface area contributed by atoms with Crippen LogP contribution >= 0.6 is 15.9 Å². The Balaban J connectivity index is 2.04. The molecule has 20 heavy (non-hydrogen) atoms. The number of anilines is 2. The van der Waals surface area contributed by atoms with Crippen LogP contribution in [-0.2, 0) is 6.54 Å². The van der Waals surface area contributed by atoms with Gasteiger partial charge in [0.25, 0.3) is 0 Å². The van der Waals surface area contributed by atoms with E-state index in [1.165, 1.54) is 0 Å². The third-order valence-corrected chi connectivity index (χ3v) is 3.41. The van der Waals surface area contributed by atoms with Gasteiger partial charge in [0.1, 0.15) is 11.6 Å². The number of rotatable bonds is 5. The van der Waals surface area contributed by atoms with Crippen molar-refractivity contribution in [2.45, 2.75) is 6.54 Å². The summed E-state index contributed by atoms with van der Waals surface area (Å²) in [6, 6.07) is 5.81. The van der Waals surface area contributed by atoms with Gasteiger partial charge in [0.15, 0.2) is 0 Å². The van der Waals surface area contributed by atoms with Gasteiger partial charge in [-0.15, -0.1) is 0 Å². The molecule has 0 unspecified atom stereocenters. The van der Waals surface area contributed by atoms with E-state index >= 15 is 0 Å². The van der Waals surface area contributed by atoms with E-state index in [2.05, 4.69) is 31.2 Å². The Hall–Kier alpha value is -1.82. The molecule has 106 valence electrons. The second-order valence-corrected chi connectivity index (χ2v) is 5.31. The summed E-state index contributed by atoms with van der Waals surface area (Å²) in [5, 5.41) is 3.26. The van der Waals surface area contributed by atoms with E-state index in [-0.39, 0.29) is 0 Å². The molecule has 0 saturated carbocycles. The summed E-state index contributed by atoms with van der Waals surface area (Å²) >= 11 is 3.48. The second kappa shape index (κ2) is 6.56. The van der Waals surface area contributed by atoms with Crippen molar-refractivity contribution in [2.75, 3.05) is 31.4 Å². The summed E-state index contributed by atoms with van der Waals surface area (Å²) in [5.41, 5.74) is 2.01. The fourth-order valence-corrected chi connectivity index (χ4v) is 2.26. The first-order valence-corrected chi connectivity index (χ1v) is 6.95. The molecule has 0 aliphatic carbocycles. The van der Waals surface area contributed by atoms with E-state index in [1.54, 1.807) is 19.5 Å². The maximum atomic E-state index is 5.08. The number of nitrogens with one attached hydrogen (secondary N) is 1. The van der Waals surface area contributed by atoms with E-state index in [9.17, 15) is 0 Å². The lowest BCUT2D eigenvalue weighted by atomic mass is 10.3.